The molecule has 2 aliphatic heterocycles. The van der Waals surface area contributed by atoms with Crippen molar-refractivity contribution in [3.05, 3.63) is 0 Å². The van der Waals surface area contributed by atoms with E-state index in [1.807, 2.05) is 0 Å². The lowest BCUT2D eigenvalue weighted by atomic mass is 10.1. The van der Waals surface area contributed by atoms with E-state index in [4.69, 9.17) is 0 Å². The Morgan fingerprint density at radius 1 is 1.30 bits per heavy atom. The van der Waals surface area contributed by atoms with Crippen molar-refractivity contribution in [1.82, 2.24) is 15.1 Å². The summed E-state index contributed by atoms with van der Waals surface area (Å²) in [6.45, 7) is 9.92. The smallest absolute Gasteiger partial charge is 0.317 e. The molecule has 2 fully saturated rings. The SMILES string of the molecule is CC(C)CN1CCC(CNC(=O)N2CCCC(O)C2)C1. The van der Waals surface area contributed by atoms with Gasteiger partial charge < -0.3 is 20.2 Å². The summed E-state index contributed by atoms with van der Waals surface area (Å²) in [5.41, 5.74) is 0. The van der Waals surface area contributed by atoms with Crippen LogP contribution in [0.3, 0.4) is 0 Å². The molecule has 2 rings (SSSR count). The van der Waals surface area contributed by atoms with Crippen molar-refractivity contribution in [1.29, 1.82) is 0 Å². The first kappa shape index (κ1) is 15.6. The molecule has 0 aromatic rings. The Labute approximate surface area is 122 Å². The van der Waals surface area contributed by atoms with Crippen LogP contribution in [0.5, 0.6) is 0 Å². The van der Waals surface area contributed by atoms with Crippen molar-refractivity contribution in [3.63, 3.8) is 0 Å². The number of nitrogens with one attached hydrogen (secondary N) is 1. The highest BCUT2D eigenvalue weighted by Crippen LogP contribution is 2.17. The Bertz CT molecular complexity index is 322. The standard InChI is InChI=1S/C15H29N3O2/c1-12(2)9-17-7-5-13(10-17)8-16-15(20)18-6-3-4-14(19)11-18/h12-14,19H,3-11H2,1-2H3,(H,16,20). The minimum absolute atomic E-state index is 0.00828. The number of aliphatic hydroxyl groups is 1. The van der Waals surface area contributed by atoms with Gasteiger partial charge in [0.2, 0.25) is 0 Å². The summed E-state index contributed by atoms with van der Waals surface area (Å²) in [6, 6.07) is -0.00828. The average molecular weight is 283 g/mol. The van der Waals surface area contributed by atoms with Crippen molar-refractivity contribution in [2.45, 2.75) is 39.2 Å². The number of amides is 2. The van der Waals surface area contributed by atoms with E-state index in [-0.39, 0.29) is 12.1 Å². The Kier molecular flexibility index (Phi) is 5.66. The summed E-state index contributed by atoms with van der Waals surface area (Å²) >= 11 is 0. The first-order valence-corrected chi connectivity index (χ1v) is 7.97. The van der Waals surface area contributed by atoms with E-state index < -0.39 is 0 Å². The monoisotopic (exact) mass is 283 g/mol. The second kappa shape index (κ2) is 7.27. The molecular weight excluding hydrogens is 254 g/mol. The Balaban J connectivity index is 1.66. The molecule has 5 nitrogen and oxygen atoms in total. The number of rotatable bonds is 4. The Morgan fingerprint density at radius 3 is 2.80 bits per heavy atom. The molecule has 2 amide bonds. The lowest BCUT2D eigenvalue weighted by Crippen LogP contribution is -2.48. The van der Waals surface area contributed by atoms with Crippen LogP contribution in [0, 0.1) is 11.8 Å². The van der Waals surface area contributed by atoms with Gasteiger partial charge in [-0.25, -0.2) is 4.79 Å². The molecular formula is C15H29N3O2. The van der Waals surface area contributed by atoms with Gasteiger partial charge in [0, 0.05) is 32.7 Å². The van der Waals surface area contributed by atoms with Crippen LogP contribution in [-0.2, 0) is 0 Å². The van der Waals surface area contributed by atoms with Crippen molar-refractivity contribution < 1.29 is 9.90 Å². The molecule has 0 aromatic heterocycles. The highest BCUT2D eigenvalue weighted by molar-refractivity contribution is 5.74. The zero-order valence-corrected chi connectivity index (χ0v) is 12.8. The number of hydrogen-bond donors (Lipinski definition) is 2. The third-order valence-corrected chi connectivity index (χ3v) is 4.22. The van der Waals surface area contributed by atoms with Gasteiger partial charge in [0.25, 0.3) is 0 Å². The van der Waals surface area contributed by atoms with Crippen LogP contribution in [0.4, 0.5) is 4.79 Å². The number of aliphatic hydroxyl groups excluding tert-OH is 1. The third kappa shape index (κ3) is 4.63. The summed E-state index contributed by atoms with van der Waals surface area (Å²) < 4.78 is 0. The average Bonchev–Trinajstić information content (AvgIpc) is 2.82. The molecule has 5 heteroatoms. The van der Waals surface area contributed by atoms with Crippen LogP contribution in [0.1, 0.15) is 33.1 Å². The summed E-state index contributed by atoms with van der Waals surface area (Å²) in [6.07, 6.45) is 2.55. The summed E-state index contributed by atoms with van der Waals surface area (Å²) in [4.78, 5) is 16.3. The molecule has 2 N–H and O–H groups in total. The second-order valence-corrected chi connectivity index (χ2v) is 6.74. The van der Waals surface area contributed by atoms with Gasteiger partial charge in [-0.15, -0.1) is 0 Å². The van der Waals surface area contributed by atoms with Crippen LogP contribution in [0.2, 0.25) is 0 Å². The molecule has 0 bridgehead atoms. The van der Waals surface area contributed by atoms with Gasteiger partial charge in [-0.05, 0) is 37.6 Å². The van der Waals surface area contributed by atoms with E-state index >= 15 is 0 Å². The fourth-order valence-corrected chi connectivity index (χ4v) is 3.24. The highest BCUT2D eigenvalue weighted by Gasteiger charge is 2.25. The fourth-order valence-electron chi connectivity index (χ4n) is 3.24. The molecule has 20 heavy (non-hydrogen) atoms. The van der Waals surface area contributed by atoms with Crippen molar-refractivity contribution in [2.75, 3.05) is 39.3 Å². The van der Waals surface area contributed by atoms with Gasteiger partial charge in [-0.2, -0.15) is 0 Å². The molecule has 2 heterocycles. The molecule has 0 saturated carbocycles. The van der Waals surface area contributed by atoms with Gasteiger partial charge in [-0.3, -0.25) is 0 Å². The van der Waals surface area contributed by atoms with Crippen LogP contribution < -0.4 is 5.32 Å². The number of carbonyl (C=O) groups excluding carboxylic acids is 1. The predicted octanol–water partition coefficient (Wildman–Crippen LogP) is 1.13. The zero-order valence-electron chi connectivity index (χ0n) is 12.8. The fraction of sp³-hybridized carbons (Fsp3) is 0.933. The lowest BCUT2D eigenvalue weighted by Gasteiger charge is -2.30. The normalized spacial score (nSPS) is 28.1. The van der Waals surface area contributed by atoms with Gasteiger partial charge in [0.1, 0.15) is 0 Å². The molecule has 116 valence electrons. The molecule has 2 aliphatic rings. The Morgan fingerprint density at radius 2 is 2.10 bits per heavy atom. The van der Waals surface area contributed by atoms with Gasteiger partial charge >= 0.3 is 6.03 Å². The van der Waals surface area contributed by atoms with E-state index in [1.165, 1.54) is 6.42 Å². The van der Waals surface area contributed by atoms with E-state index in [0.717, 1.165) is 45.6 Å². The van der Waals surface area contributed by atoms with Gasteiger partial charge in [0.05, 0.1) is 6.10 Å². The minimum Gasteiger partial charge on any atom is -0.391 e. The van der Waals surface area contributed by atoms with E-state index in [0.29, 0.717) is 18.4 Å². The molecule has 0 radical (unpaired) electrons. The van der Waals surface area contributed by atoms with E-state index in [1.54, 1.807) is 4.90 Å². The second-order valence-electron chi connectivity index (χ2n) is 6.74. The molecule has 0 aliphatic carbocycles. The first-order valence-electron chi connectivity index (χ1n) is 7.97. The number of β-amino-alcohol motifs (C(OH)–C–C–N with tert-alkyl or cyclic N) is 1. The van der Waals surface area contributed by atoms with Gasteiger partial charge in [0.15, 0.2) is 0 Å². The molecule has 2 unspecified atom stereocenters. The number of carbonyl (C=O) groups is 1. The lowest BCUT2D eigenvalue weighted by molar-refractivity contribution is 0.0839. The predicted molar refractivity (Wildman–Crippen MR) is 79.6 cm³/mol. The van der Waals surface area contributed by atoms with E-state index in [2.05, 4.69) is 24.1 Å². The first-order chi connectivity index (χ1) is 9.54. The summed E-state index contributed by atoms with van der Waals surface area (Å²) in [5, 5.41) is 12.6. The molecule has 0 aromatic carbocycles. The highest BCUT2D eigenvalue weighted by atomic mass is 16.3. The van der Waals surface area contributed by atoms with Crippen LogP contribution in [-0.4, -0.2) is 66.3 Å². The number of nitrogens with zero attached hydrogens (tertiary/aromatic N) is 2. The maximum Gasteiger partial charge on any atom is 0.317 e. The third-order valence-electron chi connectivity index (χ3n) is 4.22. The molecule has 0 spiro atoms. The minimum atomic E-state index is -0.345. The van der Waals surface area contributed by atoms with Crippen molar-refractivity contribution in [3.8, 4) is 0 Å². The topological polar surface area (TPSA) is 55.8 Å². The van der Waals surface area contributed by atoms with Crippen molar-refractivity contribution in [2.24, 2.45) is 11.8 Å². The Hall–Kier alpha value is -0.810. The largest absolute Gasteiger partial charge is 0.391 e. The number of hydrogen-bond acceptors (Lipinski definition) is 3. The molecule has 2 atom stereocenters. The maximum atomic E-state index is 12.0. The van der Waals surface area contributed by atoms with Crippen LogP contribution in [0.15, 0.2) is 0 Å². The van der Waals surface area contributed by atoms with Crippen LogP contribution in [0.25, 0.3) is 0 Å². The number of piperidine rings is 1. The molecule has 2 saturated heterocycles. The number of likely N-dealkylation sites (tertiary alicyclic amines) is 2. The zero-order chi connectivity index (χ0) is 14.5. The summed E-state index contributed by atoms with van der Waals surface area (Å²) in [5.74, 6) is 1.28. The quantitative estimate of drug-likeness (QED) is 0.813. The van der Waals surface area contributed by atoms with Crippen molar-refractivity contribution >= 4 is 6.03 Å². The van der Waals surface area contributed by atoms with Gasteiger partial charge in [-0.1, -0.05) is 13.8 Å². The number of urea groups is 1. The van der Waals surface area contributed by atoms with E-state index in [9.17, 15) is 9.90 Å². The van der Waals surface area contributed by atoms with Crippen LogP contribution >= 0.6 is 0 Å². The maximum absolute atomic E-state index is 12.0. The summed E-state index contributed by atoms with van der Waals surface area (Å²) in [7, 11) is 0.